The summed E-state index contributed by atoms with van der Waals surface area (Å²) in [6, 6.07) is 11.4. The summed E-state index contributed by atoms with van der Waals surface area (Å²) in [7, 11) is 0. The maximum atomic E-state index is 12.4. The quantitative estimate of drug-likeness (QED) is 0.825. The summed E-state index contributed by atoms with van der Waals surface area (Å²) in [4.78, 5) is 24.0. The van der Waals surface area contributed by atoms with E-state index < -0.39 is 0 Å². The van der Waals surface area contributed by atoms with Crippen molar-refractivity contribution in [2.75, 3.05) is 19.7 Å². The minimum absolute atomic E-state index is 0.0444. The van der Waals surface area contributed by atoms with Crippen LogP contribution in [0.5, 0.6) is 5.75 Å². The standard InChI is InChI=1S/C18H22N2O3/c1-3-9-19-17(21)12-20-18(22)15-10-13-7-5-6-8-14(13)11-16(15)23-4-2/h5-8,10-11H,3-4,9,12H2,1-2H3,(H,19,21)(H,20,22). The SMILES string of the molecule is CCCNC(=O)CNC(=O)c1cc2ccccc2cc1OCC. The van der Waals surface area contributed by atoms with E-state index in [9.17, 15) is 9.59 Å². The number of nitrogens with one attached hydrogen (secondary N) is 2. The molecular weight excluding hydrogens is 292 g/mol. The van der Waals surface area contributed by atoms with Crippen molar-refractivity contribution in [2.45, 2.75) is 20.3 Å². The van der Waals surface area contributed by atoms with Crippen molar-refractivity contribution in [1.29, 1.82) is 0 Å². The Morgan fingerprint density at radius 1 is 1.04 bits per heavy atom. The van der Waals surface area contributed by atoms with E-state index in [1.54, 1.807) is 6.07 Å². The highest BCUT2D eigenvalue weighted by molar-refractivity contribution is 6.02. The Hall–Kier alpha value is -2.56. The molecule has 0 unspecified atom stereocenters. The molecule has 0 saturated heterocycles. The van der Waals surface area contributed by atoms with Crippen LogP contribution < -0.4 is 15.4 Å². The first kappa shape index (κ1) is 16.8. The fraction of sp³-hybridized carbons (Fsp3) is 0.333. The first-order valence-corrected chi connectivity index (χ1v) is 7.86. The number of amides is 2. The van der Waals surface area contributed by atoms with Gasteiger partial charge in [-0.25, -0.2) is 0 Å². The molecule has 0 atom stereocenters. The second-order valence-corrected chi connectivity index (χ2v) is 5.16. The Morgan fingerprint density at radius 3 is 2.39 bits per heavy atom. The van der Waals surface area contributed by atoms with Crippen LogP contribution in [0.3, 0.4) is 0 Å². The monoisotopic (exact) mass is 314 g/mol. The van der Waals surface area contributed by atoms with Gasteiger partial charge in [0.1, 0.15) is 5.75 Å². The minimum Gasteiger partial charge on any atom is -0.493 e. The van der Waals surface area contributed by atoms with Gasteiger partial charge in [-0.1, -0.05) is 31.2 Å². The molecule has 0 aliphatic heterocycles. The van der Waals surface area contributed by atoms with Crippen LogP contribution in [0.4, 0.5) is 0 Å². The van der Waals surface area contributed by atoms with Crippen LogP contribution >= 0.6 is 0 Å². The molecule has 0 spiro atoms. The minimum atomic E-state index is -0.314. The van der Waals surface area contributed by atoms with Crippen molar-refractivity contribution in [3.8, 4) is 5.75 Å². The molecule has 122 valence electrons. The van der Waals surface area contributed by atoms with Crippen LogP contribution in [0.25, 0.3) is 10.8 Å². The zero-order valence-electron chi connectivity index (χ0n) is 13.5. The van der Waals surface area contributed by atoms with Gasteiger partial charge in [0.25, 0.3) is 5.91 Å². The Kier molecular flexibility index (Phi) is 5.97. The summed E-state index contributed by atoms with van der Waals surface area (Å²) in [6.07, 6.45) is 0.860. The number of rotatable bonds is 7. The van der Waals surface area contributed by atoms with Crippen LogP contribution in [0.2, 0.25) is 0 Å². The fourth-order valence-electron chi connectivity index (χ4n) is 2.25. The van der Waals surface area contributed by atoms with Gasteiger partial charge in [-0.3, -0.25) is 9.59 Å². The Bertz CT molecular complexity index is 698. The summed E-state index contributed by atoms with van der Waals surface area (Å²) in [5, 5.41) is 7.33. The van der Waals surface area contributed by atoms with E-state index in [0.717, 1.165) is 17.2 Å². The predicted octanol–water partition coefficient (Wildman–Crippen LogP) is 2.49. The molecule has 0 aliphatic rings. The van der Waals surface area contributed by atoms with Gasteiger partial charge in [0, 0.05) is 6.54 Å². The van der Waals surface area contributed by atoms with Gasteiger partial charge < -0.3 is 15.4 Å². The number of carbonyl (C=O) groups excluding carboxylic acids is 2. The lowest BCUT2D eigenvalue weighted by Gasteiger charge is -2.12. The molecular formula is C18H22N2O3. The van der Waals surface area contributed by atoms with Crippen molar-refractivity contribution < 1.29 is 14.3 Å². The largest absolute Gasteiger partial charge is 0.493 e. The van der Waals surface area contributed by atoms with Gasteiger partial charge in [0.2, 0.25) is 5.91 Å². The lowest BCUT2D eigenvalue weighted by atomic mass is 10.1. The second-order valence-electron chi connectivity index (χ2n) is 5.16. The van der Waals surface area contributed by atoms with E-state index in [1.807, 2.05) is 44.2 Å². The lowest BCUT2D eigenvalue weighted by molar-refractivity contribution is -0.120. The van der Waals surface area contributed by atoms with Crippen LogP contribution in [0.1, 0.15) is 30.6 Å². The Labute approximate surface area is 136 Å². The van der Waals surface area contributed by atoms with Crippen LogP contribution in [0, 0.1) is 0 Å². The topological polar surface area (TPSA) is 67.4 Å². The summed E-state index contributed by atoms with van der Waals surface area (Å²) < 4.78 is 5.58. The molecule has 0 aromatic heterocycles. The molecule has 5 nitrogen and oxygen atoms in total. The van der Waals surface area contributed by atoms with Crippen molar-refractivity contribution in [3.05, 3.63) is 42.0 Å². The summed E-state index contributed by atoms with van der Waals surface area (Å²) in [5.41, 5.74) is 0.439. The van der Waals surface area contributed by atoms with E-state index in [2.05, 4.69) is 10.6 Å². The van der Waals surface area contributed by atoms with Gasteiger partial charge in [-0.05, 0) is 36.2 Å². The summed E-state index contributed by atoms with van der Waals surface area (Å²) >= 11 is 0. The van der Waals surface area contributed by atoms with Crippen molar-refractivity contribution in [1.82, 2.24) is 10.6 Å². The molecule has 0 aliphatic carbocycles. The second kappa shape index (κ2) is 8.17. The third-order valence-corrected chi connectivity index (χ3v) is 3.37. The first-order valence-electron chi connectivity index (χ1n) is 7.86. The number of hydrogen-bond acceptors (Lipinski definition) is 3. The zero-order chi connectivity index (χ0) is 16.7. The summed E-state index contributed by atoms with van der Waals surface area (Å²) in [6.45, 7) is 4.87. The third kappa shape index (κ3) is 4.45. The van der Waals surface area contributed by atoms with E-state index in [-0.39, 0.29) is 18.4 Å². The molecule has 0 radical (unpaired) electrons. The van der Waals surface area contributed by atoms with E-state index in [1.165, 1.54) is 0 Å². The maximum absolute atomic E-state index is 12.4. The molecule has 2 aromatic rings. The average molecular weight is 314 g/mol. The van der Waals surface area contributed by atoms with E-state index >= 15 is 0 Å². The molecule has 2 aromatic carbocycles. The smallest absolute Gasteiger partial charge is 0.255 e. The Morgan fingerprint density at radius 2 is 1.74 bits per heavy atom. The van der Waals surface area contributed by atoms with E-state index in [0.29, 0.717) is 24.5 Å². The number of carbonyl (C=O) groups is 2. The molecule has 2 amide bonds. The van der Waals surface area contributed by atoms with Gasteiger partial charge in [-0.2, -0.15) is 0 Å². The number of ether oxygens (including phenoxy) is 1. The van der Waals surface area contributed by atoms with Gasteiger partial charge in [-0.15, -0.1) is 0 Å². The maximum Gasteiger partial charge on any atom is 0.255 e. The first-order chi connectivity index (χ1) is 11.2. The van der Waals surface area contributed by atoms with Crippen molar-refractivity contribution in [3.63, 3.8) is 0 Å². The molecule has 0 saturated carbocycles. The molecule has 2 N–H and O–H groups in total. The Balaban J connectivity index is 2.17. The molecule has 0 heterocycles. The highest BCUT2D eigenvalue weighted by atomic mass is 16.5. The molecule has 0 bridgehead atoms. The third-order valence-electron chi connectivity index (χ3n) is 3.37. The van der Waals surface area contributed by atoms with Crippen LogP contribution in [-0.2, 0) is 4.79 Å². The highest BCUT2D eigenvalue weighted by Crippen LogP contribution is 2.26. The number of benzene rings is 2. The number of fused-ring (bicyclic) bond motifs is 1. The van der Waals surface area contributed by atoms with Gasteiger partial charge in [0.05, 0.1) is 18.7 Å². The number of hydrogen-bond donors (Lipinski definition) is 2. The zero-order valence-corrected chi connectivity index (χ0v) is 13.5. The van der Waals surface area contributed by atoms with Gasteiger partial charge in [0.15, 0.2) is 0 Å². The van der Waals surface area contributed by atoms with Crippen LogP contribution in [0.15, 0.2) is 36.4 Å². The molecule has 0 fully saturated rings. The molecule has 2 rings (SSSR count). The molecule has 5 heteroatoms. The predicted molar refractivity (Wildman–Crippen MR) is 90.8 cm³/mol. The molecule has 23 heavy (non-hydrogen) atoms. The van der Waals surface area contributed by atoms with Crippen molar-refractivity contribution in [2.24, 2.45) is 0 Å². The summed E-state index contributed by atoms with van der Waals surface area (Å²) in [5.74, 6) is 0.0162. The van der Waals surface area contributed by atoms with E-state index in [4.69, 9.17) is 4.74 Å². The lowest BCUT2D eigenvalue weighted by Crippen LogP contribution is -2.37. The van der Waals surface area contributed by atoms with Crippen LogP contribution in [-0.4, -0.2) is 31.5 Å². The van der Waals surface area contributed by atoms with Crippen molar-refractivity contribution >= 4 is 22.6 Å². The highest BCUT2D eigenvalue weighted by Gasteiger charge is 2.14. The average Bonchev–Trinajstić information content (AvgIpc) is 2.57. The van der Waals surface area contributed by atoms with Gasteiger partial charge >= 0.3 is 0 Å². The fourth-order valence-corrected chi connectivity index (χ4v) is 2.25. The normalized spacial score (nSPS) is 10.3.